The van der Waals surface area contributed by atoms with E-state index in [1.807, 2.05) is 0 Å². The van der Waals surface area contributed by atoms with Crippen molar-refractivity contribution in [1.29, 1.82) is 0 Å². The van der Waals surface area contributed by atoms with Crippen molar-refractivity contribution < 1.29 is 14.3 Å². The molecule has 0 aromatic carbocycles. The lowest BCUT2D eigenvalue weighted by molar-refractivity contribution is -0.113. The van der Waals surface area contributed by atoms with Crippen LogP contribution in [-0.4, -0.2) is 65.1 Å². The van der Waals surface area contributed by atoms with Crippen molar-refractivity contribution in [3.05, 3.63) is 27.9 Å². The lowest BCUT2D eigenvalue weighted by Gasteiger charge is -2.44. The minimum atomic E-state index is -0.758. The van der Waals surface area contributed by atoms with E-state index in [9.17, 15) is 14.4 Å². The summed E-state index contributed by atoms with van der Waals surface area (Å²) in [6.45, 7) is 1.77. The van der Waals surface area contributed by atoms with E-state index < -0.39 is 11.5 Å². The average molecular weight is 335 g/mol. The Morgan fingerprint density at radius 2 is 1.96 bits per heavy atom. The molecular formula is C15H21N5O4. The summed E-state index contributed by atoms with van der Waals surface area (Å²) in [6.07, 6.45) is 1.03. The van der Waals surface area contributed by atoms with E-state index in [0.717, 1.165) is 6.07 Å². The van der Waals surface area contributed by atoms with Crippen molar-refractivity contribution in [2.24, 2.45) is 5.73 Å². The fraction of sp³-hybridized carbons (Fsp3) is 0.600. The van der Waals surface area contributed by atoms with Gasteiger partial charge in [-0.2, -0.15) is 0 Å². The molecule has 2 aliphatic rings. The highest BCUT2D eigenvalue weighted by molar-refractivity contribution is 5.90. The fourth-order valence-corrected chi connectivity index (χ4v) is 3.30. The number of ether oxygens (including phenoxy) is 1. The number of primary amides is 1. The molecule has 1 saturated heterocycles. The number of urea groups is 1. The Bertz CT molecular complexity index is 734. The summed E-state index contributed by atoms with van der Waals surface area (Å²) < 4.78 is 7.53. The molecule has 1 aromatic rings. The van der Waals surface area contributed by atoms with Gasteiger partial charge >= 0.3 is 6.03 Å². The first-order valence-electron chi connectivity index (χ1n) is 7.86. The zero-order chi connectivity index (χ0) is 17.5. The van der Waals surface area contributed by atoms with Gasteiger partial charge in [0.25, 0.3) is 11.5 Å². The van der Waals surface area contributed by atoms with Gasteiger partial charge in [-0.1, -0.05) is 0 Å². The lowest BCUT2D eigenvalue weighted by Crippen LogP contribution is -2.53. The molecule has 9 nitrogen and oxygen atoms in total. The number of hydrogen-bond donors (Lipinski definition) is 1. The van der Waals surface area contributed by atoms with Gasteiger partial charge in [0.15, 0.2) is 0 Å². The third kappa shape index (κ3) is 2.64. The SMILES string of the molecule is CN(C)C(=O)N1CCC2(CC1)OCCn1c2nc(C(N)=O)cc1=O. The summed E-state index contributed by atoms with van der Waals surface area (Å²) in [5.74, 6) is -0.302. The zero-order valence-electron chi connectivity index (χ0n) is 13.8. The summed E-state index contributed by atoms with van der Waals surface area (Å²) in [4.78, 5) is 43.4. The van der Waals surface area contributed by atoms with Crippen molar-refractivity contribution in [3.8, 4) is 0 Å². The predicted molar refractivity (Wildman–Crippen MR) is 84.5 cm³/mol. The van der Waals surface area contributed by atoms with Crippen LogP contribution in [0.15, 0.2) is 10.9 Å². The van der Waals surface area contributed by atoms with Gasteiger partial charge in [-0.05, 0) is 0 Å². The van der Waals surface area contributed by atoms with Gasteiger partial charge in [-0.15, -0.1) is 0 Å². The number of rotatable bonds is 1. The second kappa shape index (κ2) is 5.90. The molecule has 0 bridgehead atoms. The van der Waals surface area contributed by atoms with Crippen LogP contribution < -0.4 is 11.3 Å². The molecule has 0 unspecified atom stereocenters. The highest BCUT2D eigenvalue weighted by Gasteiger charge is 2.44. The number of carbonyl (C=O) groups excluding carboxylic acids is 2. The molecule has 9 heteroatoms. The quantitative estimate of drug-likeness (QED) is 0.733. The summed E-state index contributed by atoms with van der Waals surface area (Å²) in [6, 6.07) is 1.10. The molecule has 130 valence electrons. The van der Waals surface area contributed by atoms with E-state index in [1.165, 1.54) is 4.90 Å². The monoisotopic (exact) mass is 335 g/mol. The van der Waals surface area contributed by atoms with Crippen LogP contribution in [0.1, 0.15) is 29.2 Å². The molecule has 3 rings (SSSR count). The molecule has 1 fully saturated rings. The molecule has 0 atom stereocenters. The van der Waals surface area contributed by atoms with Crippen molar-refractivity contribution in [2.75, 3.05) is 33.8 Å². The Balaban J connectivity index is 1.94. The second-order valence-electron chi connectivity index (χ2n) is 6.33. The Hall–Kier alpha value is -2.42. The van der Waals surface area contributed by atoms with Crippen molar-refractivity contribution in [1.82, 2.24) is 19.4 Å². The first-order chi connectivity index (χ1) is 11.3. The maximum Gasteiger partial charge on any atom is 0.319 e. The summed E-state index contributed by atoms with van der Waals surface area (Å²) in [5.41, 5.74) is 4.17. The third-order valence-corrected chi connectivity index (χ3v) is 4.59. The molecule has 24 heavy (non-hydrogen) atoms. The Kier molecular flexibility index (Phi) is 4.04. The van der Waals surface area contributed by atoms with Crippen LogP contribution in [0.5, 0.6) is 0 Å². The van der Waals surface area contributed by atoms with E-state index in [2.05, 4.69) is 4.98 Å². The average Bonchev–Trinajstić information content (AvgIpc) is 2.55. The van der Waals surface area contributed by atoms with Crippen LogP contribution in [0.2, 0.25) is 0 Å². The number of aromatic nitrogens is 2. The first-order valence-corrected chi connectivity index (χ1v) is 7.86. The van der Waals surface area contributed by atoms with Crippen LogP contribution >= 0.6 is 0 Å². The number of likely N-dealkylation sites (tertiary alicyclic amines) is 1. The first kappa shape index (κ1) is 16.4. The van der Waals surface area contributed by atoms with E-state index >= 15 is 0 Å². The molecule has 1 aromatic heterocycles. The number of nitrogens with zero attached hydrogens (tertiary/aromatic N) is 4. The molecular weight excluding hydrogens is 314 g/mol. The number of carbonyl (C=O) groups is 2. The maximum atomic E-state index is 12.3. The van der Waals surface area contributed by atoms with Crippen LogP contribution in [-0.2, 0) is 16.9 Å². The molecule has 0 radical (unpaired) electrons. The highest BCUT2D eigenvalue weighted by atomic mass is 16.5. The van der Waals surface area contributed by atoms with Gasteiger partial charge in [-0.25, -0.2) is 9.78 Å². The zero-order valence-corrected chi connectivity index (χ0v) is 13.8. The Morgan fingerprint density at radius 1 is 1.29 bits per heavy atom. The number of piperidine rings is 1. The Labute approximate surface area is 139 Å². The number of hydrogen-bond acceptors (Lipinski definition) is 5. The fourth-order valence-electron chi connectivity index (χ4n) is 3.30. The van der Waals surface area contributed by atoms with E-state index in [-0.39, 0.29) is 17.3 Å². The molecule has 2 aliphatic heterocycles. The van der Waals surface area contributed by atoms with E-state index in [4.69, 9.17) is 10.5 Å². The predicted octanol–water partition coefficient (Wildman–Crippen LogP) is -0.655. The lowest BCUT2D eigenvalue weighted by atomic mass is 9.89. The van der Waals surface area contributed by atoms with Crippen LogP contribution in [0, 0.1) is 0 Å². The smallest absolute Gasteiger partial charge is 0.319 e. The normalized spacial score (nSPS) is 19.0. The molecule has 3 amide bonds. The topological polar surface area (TPSA) is 111 Å². The summed E-state index contributed by atoms with van der Waals surface area (Å²) >= 11 is 0. The molecule has 1 spiro atoms. The Morgan fingerprint density at radius 3 is 2.54 bits per heavy atom. The van der Waals surface area contributed by atoms with Gasteiger partial charge in [0.2, 0.25) is 0 Å². The number of fused-ring (bicyclic) bond motifs is 2. The maximum absolute atomic E-state index is 12.3. The minimum Gasteiger partial charge on any atom is -0.365 e. The largest absolute Gasteiger partial charge is 0.365 e. The molecule has 0 aliphatic carbocycles. The van der Waals surface area contributed by atoms with Gasteiger partial charge in [-0.3, -0.25) is 14.2 Å². The van der Waals surface area contributed by atoms with E-state index in [0.29, 0.717) is 44.9 Å². The van der Waals surface area contributed by atoms with Crippen LogP contribution in [0.25, 0.3) is 0 Å². The van der Waals surface area contributed by atoms with Gasteiger partial charge in [0.1, 0.15) is 17.1 Å². The van der Waals surface area contributed by atoms with Gasteiger partial charge in [0, 0.05) is 46.1 Å². The number of nitrogens with two attached hydrogens (primary N) is 1. The van der Waals surface area contributed by atoms with Crippen molar-refractivity contribution in [3.63, 3.8) is 0 Å². The molecule has 3 heterocycles. The van der Waals surface area contributed by atoms with Crippen molar-refractivity contribution >= 4 is 11.9 Å². The van der Waals surface area contributed by atoms with Gasteiger partial charge in [0.05, 0.1) is 13.2 Å². The third-order valence-electron chi connectivity index (χ3n) is 4.59. The standard InChI is InChI=1S/C15H21N5O4/c1-18(2)14(23)19-5-3-15(4-6-19)13-17-10(12(16)22)9-11(21)20(13)7-8-24-15/h9H,3-8H2,1-2H3,(H2,16,22). The minimum absolute atomic E-state index is 0.0528. The second-order valence-corrected chi connectivity index (χ2v) is 6.33. The van der Waals surface area contributed by atoms with Crippen LogP contribution in [0.4, 0.5) is 4.79 Å². The summed E-state index contributed by atoms with van der Waals surface area (Å²) in [5, 5.41) is 0. The van der Waals surface area contributed by atoms with E-state index in [1.54, 1.807) is 23.6 Å². The molecule has 0 saturated carbocycles. The highest BCUT2D eigenvalue weighted by Crippen LogP contribution is 2.37. The van der Waals surface area contributed by atoms with Gasteiger partial charge < -0.3 is 20.3 Å². The number of amides is 3. The summed E-state index contributed by atoms with van der Waals surface area (Å²) in [7, 11) is 3.42. The van der Waals surface area contributed by atoms with Crippen molar-refractivity contribution in [2.45, 2.75) is 25.0 Å². The molecule has 2 N–H and O–H groups in total. The van der Waals surface area contributed by atoms with Crippen LogP contribution in [0.3, 0.4) is 0 Å².